The molecule has 90 valence electrons. The third kappa shape index (κ3) is 3.52. The largest absolute Gasteiger partial charge is 0.361 e. The summed E-state index contributed by atoms with van der Waals surface area (Å²) in [7, 11) is 0. The second kappa shape index (κ2) is 5.89. The molecule has 0 fully saturated rings. The maximum atomic E-state index is 11.2. The fraction of sp³-hybridized carbons (Fsp3) is 0.636. The van der Waals surface area contributed by atoms with E-state index >= 15 is 0 Å². The van der Waals surface area contributed by atoms with Gasteiger partial charge < -0.3 is 9.84 Å². The van der Waals surface area contributed by atoms with Gasteiger partial charge in [0.05, 0.1) is 5.69 Å². The van der Waals surface area contributed by atoms with E-state index in [1.165, 1.54) is 0 Å². The van der Waals surface area contributed by atoms with Crippen LogP contribution in [-0.4, -0.2) is 23.0 Å². The first-order valence-corrected chi connectivity index (χ1v) is 5.79. The Labute approximate surface area is 100 Å². The molecule has 0 bridgehead atoms. The number of aromatic nitrogens is 1. The highest BCUT2D eigenvalue weighted by Crippen LogP contribution is 2.13. The molecule has 1 atom stereocenters. The molecule has 0 radical (unpaired) electrons. The van der Waals surface area contributed by atoms with Crippen molar-refractivity contribution < 1.29 is 9.32 Å². The van der Waals surface area contributed by atoms with Gasteiger partial charge in [0.25, 0.3) is 0 Å². The molecule has 1 unspecified atom stereocenters. The molecule has 16 heavy (non-hydrogen) atoms. The Morgan fingerprint density at radius 3 is 2.75 bits per heavy atom. The molecule has 1 aromatic rings. The first-order valence-electron chi connectivity index (χ1n) is 5.36. The van der Waals surface area contributed by atoms with Crippen molar-refractivity contribution in [2.75, 3.05) is 6.54 Å². The summed E-state index contributed by atoms with van der Waals surface area (Å²) in [6.45, 7) is 6.10. The minimum absolute atomic E-state index is 0.125. The van der Waals surface area contributed by atoms with Gasteiger partial charge in [-0.3, -0.25) is 4.79 Å². The van der Waals surface area contributed by atoms with E-state index in [0.29, 0.717) is 6.54 Å². The zero-order valence-corrected chi connectivity index (χ0v) is 10.6. The van der Waals surface area contributed by atoms with Crippen molar-refractivity contribution in [1.29, 1.82) is 0 Å². The number of carbonyl (C=O) groups is 1. The van der Waals surface area contributed by atoms with Crippen LogP contribution in [-0.2, 0) is 11.2 Å². The number of aryl methyl sites for hydroxylation is 2. The van der Waals surface area contributed by atoms with Crippen molar-refractivity contribution in [3.8, 4) is 0 Å². The van der Waals surface area contributed by atoms with E-state index in [1.807, 2.05) is 13.8 Å². The second-order valence-electron chi connectivity index (χ2n) is 3.81. The maximum Gasteiger partial charge on any atom is 0.237 e. The van der Waals surface area contributed by atoms with Crippen molar-refractivity contribution in [3.05, 3.63) is 17.0 Å². The Morgan fingerprint density at radius 2 is 2.25 bits per heavy atom. The number of nitrogens with zero attached hydrogens (tertiary/aromatic N) is 1. The Kier molecular flexibility index (Phi) is 4.80. The Balaban J connectivity index is 2.29. The highest BCUT2D eigenvalue weighted by Gasteiger charge is 2.10. The highest BCUT2D eigenvalue weighted by atomic mass is 35.5. The van der Waals surface area contributed by atoms with Crippen LogP contribution in [0.5, 0.6) is 0 Å². The molecule has 1 heterocycles. The summed E-state index contributed by atoms with van der Waals surface area (Å²) < 4.78 is 5.05. The summed E-state index contributed by atoms with van der Waals surface area (Å²) in [5.41, 5.74) is 2.06. The number of halogens is 1. The van der Waals surface area contributed by atoms with E-state index in [4.69, 9.17) is 16.1 Å². The van der Waals surface area contributed by atoms with E-state index in [9.17, 15) is 4.79 Å². The molecular formula is C11H17ClN2O2. The van der Waals surface area contributed by atoms with Crippen LogP contribution < -0.4 is 5.32 Å². The number of nitrogens with one attached hydrogen (secondary N) is 1. The van der Waals surface area contributed by atoms with Crippen LogP contribution in [0.2, 0.25) is 0 Å². The normalized spacial score (nSPS) is 12.5. The molecule has 0 aliphatic rings. The quantitative estimate of drug-likeness (QED) is 0.637. The minimum Gasteiger partial charge on any atom is -0.361 e. The van der Waals surface area contributed by atoms with Crippen LogP contribution in [0.4, 0.5) is 0 Å². The van der Waals surface area contributed by atoms with Gasteiger partial charge in [-0.15, -0.1) is 11.6 Å². The Morgan fingerprint density at radius 1 is 1.56 bits per heavy atom. The van der Waals surface area contributed by atoms with Crippen molar-refractivity contribution in [2.45, 2.75) is 39.0 Å². The van der Waals surface area contributed by atoms with Crippen LogP contribution in [0, 0.1) is 13.8 Å². The molecule has 0 spiro atoms. The van der Waals surface area contributed by atoms with Gasteiger partial charge in [0, 0.05) is 12.1 Å². The fourth-order valence-electron chi connectivity index (χ4n) is 1.48. The molecule has 1 amide bonds. The molecule has 1 rings (SSSR count). The zero-order valence-electron chi connectivity index (χ0n) is 9.84. The maximum absolute atomic E-state index is 11.2. The summed E-state index contributed by atoms with van der Waals surface area (Å²) in [5.74, 6) is 0.731. The average molecular weight is 245 g/mol. The standard InChI is InChI=1S/C11H17ClN2O2/c1-7(12)11(15)13-6-4-5-10-8(2)14-16-9(10)3/h7H,4-6H2,1-3H3,(H,13,15). The topological polar surface area (TPSA) is 55.1 Å². The molecule has 0 aliphatic heterocycles. The monoisotopic (exact) mass is 244 g/mol. The summed E-state index contributed by atoms with van der Waals surface area (Å²) >= 11 is 5.62. The van der Waals surface area contributed by atoms with Crippen LogP contribution >= 0.6 is 11.6 Å². The van der Waals surface area contributed by atoms with Crippen LogP contribution in [0.3, 0.4) is 0 Å². The van der Waals surface area contributed by atoms with E-state index in [1.54, 1.807) is 6.92 Å². The molecule has 0 saturated heterocycles. The second-order valence-corrected chi connectivity index (χ2v) is 4.47. The molecule has 0 aliphatic carbocycles. The lowest BCUT2D eigenvalue weighted by molar-refractivity contribution is -0.120. The van der Waals surface area contributed by atoms with Crippen molar-refractivity contribution in [2.24, 2.45) is 0 Å². The fourth-order valence-corrected chi connectivity index (χ4v) is 1.55. The number of alkyl halides is 1. The molecule has 1 aromatic heterocycles. The van der Waals surface area contributed by atoms with Crippen LogP contribution in [0.15, 0.2) is 4.52 Å². The van der Waals surface area contributed by atoms with Gasteiger partial charge in [-0.1, -0.05) is 5.16 Å². The minimum atomic E-state index is -0.473. The predicted molar refractivity (Wildman–Crippen MR) is 62.6 cm³/mol. The van der Waals surface area contributed by atoms with Gasteiger partial charge in [-0.25, -0.2) is 0 Å². The molecule has 0 saturated carbocycles. The van der Waals surface area contributed by atoms with E-state index in [2.05, 4.69) is 10.5 Å². The van der Waals surface area contributed by atoms with Gasteiger partial charge >= 0.3 is 0 Å². The van der Waals surface area contributed by atoms with Crippen molar-refractivity contribution >= 4 is 17.5 Å². The SMILES string of the molecule is Cc1noc(C)c1CCCNC(=O)C(C)Cl. The van der Waals surface area contributed by atoms with Gasteiger partial charge in [-0.2, -0.15) is 0 Å². The molecule has 5 heteroatoms. The molecule has 1 N–H and O–H groups in total. The lowest BCUT2D eigenvalue weighted by Gasteiger charge is -2.05. The predicted octanol–water partition coefficient (Wildman–Crippen LogP) is 1.97. The van der Waals surface area contributed by atoms with Crippen LogP contribution in [0.1, 0.15) is 30.4 Å². The summed E-state index contributed by atoms with van der Waals surface area (Å²) in [6, 6.07) is 0. The number of rotatable bonds is 5. The highest BCUT2D eigenvalue weighted by molar-refractivity contribution is 6.30. The number of hydrogen-bond donors (Lipinski definition) is 1. The first kappa shape index (κ1) is 13.0. The van der Waals surface area contributed by atoms with Gasteiger partial charge in [0.15, 0.2) is 0 Å². The molecular weight excluding hydrogens is 228 g/mol. The third-order valence-electron chi connectivity index (χ3n) is 2.45. The first-order chi connectivity index (χ1) is 7.52. The van der Waals surface area contributed by atoms with E-state index in [-0.39, 0.29) is 5.91 Å². The average Bonchev–Trinajstić information content (AvgIpc) is 2.54. The van der Waals surface area contributed by atoms with Crippen LogP contribution in [0.25, 0.3) is 0 Å². The van der Waals surface area contributed by atoms with Crippen molar-refractivity contribution in [3.63, 3.8) is 0 Å². The molecule has 4 nitrogen and oxygen atoms in total. The lowest BCUT2D eigenvalue weighted by atomic mass is 10.1. The summed E-state index contributed by atoms with van der Waals surface area (Å²) in [5, 5.41) is 6.16. The number of hydrogen-bond acceptors (Lipinski definition) is 3. The van der Waals surface area contributed by atoms with Gasteiger partial charge in [0.1, 0.15) is 11.1 Å². The summed E-state index contributed by atoms with van der Waals surface area (Å²) in [4.78, 5) is 11.2. The van der Waals surface area contributed by atoms with Gasteiger partial charge in [-0.05, 0) is 33.6 Å². The van der Waals surface area contributed by atoms with Crippen molar-refractivity contribution in [1.82, 2.24) is 10.5 Å². The smallest absolute Gasteiger partial charge is 0.237 e. The molecule has 0 aromatic carbocycles. The number of amides is 1. The Bertz CT molecular complexity index is 341. The van der Waals surface area contributed by atoms with E-state index in [0.717, 1.165) is 29.9 Å². The Hall–Kier alpha value is -1.03. The lowest BCUT2D eigenvalue weighted by Crippen LogP contribution is -2.30. The zero-order chi connectivity index (χ0) is 12.1. The number of carbonyl (C=O) groups excluding carboxylic acids is 1. The van der Waals surface area contributed by atoms with E-state index < -0.39 is 5.38 Å². The third-order valence-corrected chi connectivity index (χ3v) is 2.64. The van der Waals surface area contributed by atoms with Gasteiger partial charge in [0.2, 0.25) is 5.91 Å². The summed E-state index contributed by atoms with van der Waals surface area (Å²) in [6.07, 6.45) is 1.72.